The van der Waals surface area contributed by atoms with Crippen LogP contribution in [0.3, 0.4) is 0 Å². The lowest BCUT2D eigenvalue weighted by Crippen LogP contribution is -2.42. The van der Waals surface area contributed by atoms with Gasteiger partial charge in [-0.05, 0) is 24.6 Å². The Morgan fingerprint density at radius 3 is 2.00 bits per heavy atom. The van der Waals surface area contributed by atoms with Crippen molar-refractivity contribution in [2.45, 2.75) is 31.0 Å². The summed E-state index contributed by atoms with van der Waals surface area (Å²) in [5, 5.41) is 0. The number of ether oxygens (including phenoxy) is 2. The molecule has 172 valence electrons. The third kappa shape index (κ3) is 3.83. The Morgan fingerprint density at radius 2 is 1.42 bits per heavy atom. The highest BCUT2D eigenvalue weighted by atomic mass is 32.2. The van der Waals surface area contributed by atoms with Crippen molar-refractivity contribution in [2.24, 2.45) is 0 Å². The Kier molecular flexibility index (Phi) is 6.09. The van der Waals surface area contributed by atoms with Gasteiger partial charge in [0, 0.05) is 17.8 Å². The van der Waals surface area contributed by atoms with Gasteiger partial charge < -0.3 is 14.0 Å². The third-order valence-corrected chi connectivity index (χ3v) is 7.81. The summed E-state index contributed by atoms with van der Waals surface area (Å²) in [6.07, 6.45) is 0.179. The molecule has 0 bridgehead atoms. The number of esters is 2. The summed E-state index contributed by atoms with van der Waals surface area (Å²) in [5.41, 5.74) is 1.95. The van der Waals surface area contributed by atoms with E-state index in [4.69, 9.17) is 9.47 Å². The van der Waals surface area contributed by atoms with Gasteiger partial charge in [-0.15, -0.1) is 0 Å². The number of hydrogen-bond donors (Lipinski definition) is 0. The monoisotopic (exact) mass is 468 g/mol. The molecule has 2 heterocycles. The fourth-order valence-electron chi connectivity index (χ4n) is 4.33. The third-order valence-electron chi connectivity index (χ3n) is 5.96. The van der Waals surface area contributed by atoms with Crippen molar-refractivity contribution in [2.75, 3.05) is 14.2 Å². The smallest absolute Gasteiger partial charge is 0.340 e. The minimum absolute atomic E-state index is 0.0705. The molecule has 1 aliphatic heterocycles. The van der Waals surface area contributed by atoms with Crippen LogP contribution >= 0.6 is 0 Å². The normalized spacial score (nSPS) is 16.2. The van der Waals surface area contributed by atoms with Crippen LogP contribution in [-0.2, 0) is 32.6 Å². The second-order valence-electron chi connectivity index (χ2n) is 7.67. The maximum absolute atomic E-state index is 13.7. The van der Waals surface area contributed by atoms with Gasteiger partial charge in [0.05, 0.1) is 43.0 Å². The molecule has 33 heavy (non-hydrogen) atoms. The lowest BCUT2D eigenvalue weighted by atomic mass is 9.98. The molecule has 1 aromatic heterocycles. The summed E-state index contributed by atoms with van der Waals surface area (Å²) < 4.78 is 40.3. The van der Waals surface area contributed by atoms with Crippen LogP contribution in [0.4, 0.5) is 0 Å². The van der Waals surface area contributed by atoms with E-state index in [1.165, 1.54) is 18.5 Å². The Balaban J connectivity index is 1.94. The first-order valence-corrected chi connectivity index (χ1v) is 11.8. The van der Waals surface area contributed by atoms with Gasteiger partial charge in [0.2, 0.25) is 10.0 Å². The van der Waals surface area contributed by atoms with Crippen LogP contribution in [0.25, 0.3) is 0 Å². The average molecular weight is 469 g/mol. The van der Waals surface area contributed by atoms with Gasteiger partial charge >= 0.3 is 11.9 Å². The van der Waals surface area contributed by atoms with Crippen LogP contribution in [0, 0.1) is 6.92 Å². The molecule has 0 spiro atoms. The zero-order valence-electron chi connectivity index (χ0n) is 18.5. The quantitative estimate of drug-likeness (QED) is 0.533. The summed E-state index contributed by atoms with van der Waals surface area (Å²) in [6.45, 7) is 1.59. The molecule has 2 aromatic carbocycles. The summed E-state index contributed by atoms with van der Waals surface area (Å²) >= 11 is 0. The van der Waals surface area contributed by atoms with E-state index in [2.05, 4.69) is 0 Å². The lowest BCUT2D eigenvalue weighted by Gasteiger charge is -2.37. The summed E-state index contributed by atoms with van der Waals surface area (Å²) in [4.78, 5) is 25.4. The predicted octanol–water partition coefficient (Wildman–Crippen LogP) is 3.32. The lowest BCUT2D eigenvalue weighted by molar-refractivity contribution is 0.0554. The summed E-state index contributed by atoms with van der Waals surface area (Å²) in [5.74, 6) is -1.35. The molecule has 1 unspecified atom stereocenters. The van der Waals surface area contributed by atoms with E-state index in [9.17, 15) is 18.0 Å². The molecule has 1 atom stereocenters. The second-order valence-corrected chi connectivity index (χ2v) is 9.56. The summed E-state index contributed by atoms with van der Waals surface area (Å²) in [7, 11) is -1.42. The number of sulfonamides is 1. The van der Waals surface area contributed by atoms with Crippen LogP contribution in [0.1, 0.15) is 43.7 Å². The van der Waals surface area contributed by atoms with Crippen molar-refractivity contribution < 1.29 is 27.5 Å². The topological polar surface area (TPSA) is 94.9 Å². The minimum atomic E-state index is -3.89. The van der Waals surface area contributed by atoms with E-state index < -0.39 is 28.0 Å². The predicted molar refractivity (Wildman–Crippen MR) is 120 cm³/mol. The van der Waals surface area contributed by atoms with Crippen LogP contribution in [0.2, 0.25) is 0 Å². The molecular formula is C24H24N2O6S. The van der Waals surface area contributed by atoms with Gasteiger partial charge in [-0.25, -0.2) is 18.0 Å². The molecule has 0 aliphatic carbocycles. The molecule has 3 aromatic rings. The maximum atomic E-state index is 13.7. The molecule has 4 rings (SSSR count). The first-order valence-electron chi connectivity index (χ1n) is 10.3. The van der Waals surface area contributed by atoms with Gasteiger partial charge in [-0.3, -0.25) is 0 Å². The van der Waals surface area contributed by atoms with Crippen LogP contribution in [0.5, 0.6) is 0 Å². The average Bonchev–Trinajstić information content (AvgIpc) is 3.14. The van der Waals surface area contributed by atoms with Crippen LogP contribution in [0.15, 0.2) is 65.6 Å². The highest BCUT2D eigenvalue weighted by molar-refractivity contribution is 7.89. The first kappa shape index (κ1) is 22.8. The van der Waals surface area contributed by atoms with E-state index >= 15 is 0 Å². The molecule has 0 N–H and O–H groups in total. The molecule has 9 heteroatoms. The molecule has 0 saturated heterocycles. The fourth-order valence-corrected chi connectivity index (χ4v) is 5.90. The van der Waals surface area contributed by atoms with Crippen molar-refractivity contribution in [3.63, 3.8) is 0 Å². The number of hydrogen-bond acceptors (Lipinski definition) is 6. The Hall–Kier alpha value is -3.43. The molecule has 0 radical (unpaired) electrons. The van der Waals surface area contributed by atoms with Crippen LogP contribution < -0.4 is 0 Å². The van der Waals surface area contributed by atoms with Crippen molar-refractivity contribution in [3.8, 4) is 0 Å². The zero-order valence-corrected chi connectivity index (χ0v) is 19.3. The number of benzene rings is 2. The number of aromatic nitrogens is 1. The number of carbonyl (C=O) groups is 2. The molecule has 8 nitrogen and oxygen atoms in total. The number of fused-ring (bicyclic) bond motifs is 1. The van der Waals surface area contributed by atoms with Gasteiger partial charge in [0.15, 0.2) is 0 Å². The van der Waals surface area contributed by atoms with Gasteiger partial charge in [0.25, 0.3) is 0 Å². The van der Waals surface area contributed by atoms with E-state index in [1.54, 1.807) is 41.8 Å². The molecular weight excluding hydrogens is 444 g/mol. The van der Waals surface area contributed by atoms with E-state index in [1.807, 2.05) is 30.3 Å². The standard InChI is InChI=1S/C24H24N2O6S/c1-16-21(23(27)31-2)22(24(28)32-3)20-14-19(17-10-6-4-7-11-17)26(15-25(16)20)33(29,30)18-12-8-5-9-13-18/h4-13,19H,14-15H2,1-3H3. The van der Waals surface area contributed by atoms with Crippen molar-refractivity contribution >= 4 is 22.0 Å². The summed E-state index contributed by atoms with van der Waals surface area (Å²) in [6, 6.07) is 16.8. The Labute approximate surface area is 192 Å². The van der Waals surface area contributed by atoms with Gasteiger partial charge in [-0.1, -0.05) is 48.5 Å². The van der Waals surface area contributed by atoms with Gasteiger partial charge in [-0.2, -0.15) is 4.31 Å². The molecule has 0 fully saturated rings. The highest BCUT2D eigenvalue weighted by Gasteiger charge is 2.41. The number of carbonyl (C=O) groups excluding carboxylic acids is 2. The fraction of sp³-hybridized carbons (Fsp3) is 0.250. The second kappa shape index (κ2) is 8.84. The number of nitrogens with zero attached hydrogens (tertiary/aromatic N) is 2. The largest absolute Gasteiger partial charge is 0.465 e. The highest BCUT2D eigenvalue weighted by Crippen LogP contribution is 2.39. The SMILES string of the molecule is COC(=O)c1c(C(=O)OC)c2n(c1C)CN(S(=O)(=O)c1ccccc1)C(c1ccccc1)C2. The van der Waals surface area contributed by atoms with Crippen LogP contribution in [-0.4, -0.2) is 43.4 Å². The molecule has 0 amide bonds. The molecule has 1 aliphatic rings. The van der Waals surface area contributed by atoms with Gasteiger partial charge in [0.1, 0.15) is 0 Å². The Bertz CT molecular complexity index is 1300. The van der Waals surface area contributed by atoms with E-state index in [0.29, 0.717) is 11.4 Å². The molecule has 0 saturated carbocycles. The maximum Gasteiger partial charge on any atom is 0.340 e. The zero-order chi connectivity index (χ0) is 23.8. The number of rotatable bonds is 5. The van der Waals surface area contributed by atoms with E-state index in [0.717, 1.165) is 5.56 Å². The van der Waals surface area contributed by atoms with Crippen molar-refractivity contribution in [1.82, 2.24) is 8.87 Å². The first-order chi connectivity index (χ1) is 15.8. The Morgan fingerprint density at radius 1 is 0.879 bits per heavy atom. The number of methoxy groups -OCH3 is 2. The minimum Gasteiger partial charge on any atom is -0.465 e. The van der Waals surface area contributed by atoms with E-state index in [-0.39, 0.29) is 29.1 Å². The van der Waals surface area contributed by atoms with Crippen molar-refractivity contribution in [1.29, 1.82) is 0 Å². The van der Waals surface area contributed by atoms with Crippen molar-refractivity contribution in [3.05, 3.63) is 88.7 Å².